The van der Waals surface area contributed by atoms with Crippen LogP contribution in [0.25, 0.3) is 44.8 Å². The Hall–Kier alpha value is -4.44. The maximum Gasteiger partial charge on any atom is 1.00 e. The number of benzene rings is 2. The molecule has 0 saturated heterocycles. The van der Waals surface area contributed by atoms with Gasteiger partial charge in [-0.1, -0.05) is 24.3 Å². The predicted molar refractivity (Wildman–Crippen MR) is 139 cm³/mol. The zero-order valence-electron chi connectivity index (χ0n) is 20.0. The van der Waals surface area contributed by atoms with Crippen LogP contribution >= 0.6 is 0 Å². The Morgan fingerprint density at radius 1 is 0.550 bits per heavy atom. The zero-order valence-corrected chi connectivity index (χ0v) is 22.9. The fourth-order valence-corrected chi connectivity index (χ4v) is 3.18. The third-order valence-electron chi connectivity index (χ3n) is 4.65. The third-order valence-corrected chi connectivity index (χ3v) is 4.65. The summed E-state index contributed by atoms with van der Waals surface area (Å²) in [5.74, 6) is 1.73. The van der Waals surface area contributed by atoms with Gasteiger partial charge in [0.15, 0.2) is 0 Å². The van der Waals surface area contributed by atoms with E-state index in [1.165, 1.54) is 0 Å². The van der Waals surface area contributed by atoms with Gasteiger partial charge in [-0.3, -0.25) is 9.97 Å². The van der Waals surface area contributed by atoms with Crippen molar-refractivity contribution in [1.29, 1.82) is 0 Å². The van der Waals surface area contributed by atoms with Gasteiger partial charge in [0.2, 0.25) is 0 Å². The van der Waals surface area contributed by atoms with Crippen LogP contribution in [0.1, 0.15) is 0 Å². The summed E-state index contributed by atoms with van der Waals surface area (Å²) < 4.78 is 0. The van der Waals surface area contributed by atoms with Gasteiger partial charge in [-0.15, -0.1) is 0 Å². The van der Waals surface area contributed by atoms with Crippen molar-refractivity contribution in [2.45, 2.75) is 0 Å². The molecule has 40 heavy (non-hydrogen) atoms. The Bertz CT molecular complexity index is 1420. The zero-order chi connectivity index (χ0) is 27.3. The number of rotatable bonds is 2. The van der Waals surface area contributed by atoms with Gasteiger partial charge in [0.25, 0.3) is 0 Å². The van der Waals surface area contributed by atoms with Crippen molar-refractivity contribution >= 4 is 22.1 Å². The second-order valence-electron chi connectivity index (χ2n) is 7.14. The molecule has 14 nitrogen and oxygen atoms in total. The summed E-state index contributed by atoms with van der Waals surface area (Å²) >= 11 is 0. The molecule has 4 heterocycles. The van der Waals surface area contributed by atoms with Gasteiger partial charge in [-0.05, 0) is 48.5 Å². The molecule has 0 radical (unpaired) electrons. The number of nitrogens with zero attached hydrogens (tertiary/aromatic N) is 6. The van der Waals surface area contributed by atoms with Crippen LogP contribution in [0.4, 0.5) is 0 Å². The number of imidazole rings is 2. The van der Waals surface area contributed by atoms with E-state index in [1.54, 1.807) is 24.8 Å². The van der Waals surface area contributed by atoms with Crippen molar-refractivity contribution in [3.05, 3.63) is 128 Å². The molecule has 6 aromatic rings. The molecular formula is C24H18Ag2N8O6. The number of H-pyrrole nitrogens is 2. The molecule has 2 aromatic carbocycles. The minimum absolute atomic E-state index is 0. The van der Waals surface area contributed by atoms with E-state index in [0.29, 0.717) is 0 Å². The molecule has 0 amide bonds. The van der Waals surface area contributed by atoms with Crippen LogP contribution in [0.3, 0.4) is 0 Å². The van der Waals surface area contributed by atoms with E-state index in [0.717, 1.165) is 44.8 Å². The fraction of sp³-hybridized carbons (Fsp3) is 0. The van der Waals surface area contributed by atoms with Gasteiger partial charge >= 0.3 is 44.8 Å². The van der Waals surface area contributed by atoms with Crippen LogP contribution in [-0.2, 0) is 44.8 Å². The van der Waals surface area contributed by atoms with E-state index in [9.17, 15) is 0 Å². The number of nitrogens with one attached hydrogen (secondary N) is 2. The molecule has 0 bridgehead atoms. The van der Waals surface area contributed by atoms with Gasteiger partial charge in [-0.2, -0.15) is 0 Å². The number of aromatic nitrogens is 6. The smallest absolute Gasteiger partial charge is 0.356 e. The molecule has 212 valence electrons. The van der Waals surface area contributed by atoms with Crippen LogP contribution in [-0.4, -0.2) is 40.1 Å². The molecule has 0 unspecified atom stereocenters. The van der Waals surface area contributed by atoms with Crippen molar-refractivity contribution < 1.29 is 54.9 Å². The van der Waals surface area contributed by atoms with E-state index in [-0.39, 0.29) is 44.8 Å². The summed E-state index contributed by atoms with van der Waals surface area (Å²) in [6.07, 6.45) is 7.12. The summed E-state index contributed by atoms with van der Waals surface area (Å²) in [6, 6.07) is 23.8. The Labute approximate surface area is 256 Å². The fourth-order valence-electron chi connectivity index (χ4n) is 3.18. The maximum atomic E-state index is 8.25. The molecule has 4 aromatic heterocycles. The van der Waals surface area contributed by atoms with Crippen LogP contribution in [0.15, 0.2) is 97.6 Å². The topological polar surface area (TPSA) is 216 Å². The number of pyridine rings is 2. The van der Waals surface area contributed by atoms with Gasteiger partial charge in [-0.25, -0.2) is 9.97 Å². The molecule has 0 aliphatic rings. The van der Waals surface area contributed by atoms with Crippen LogP contribution < -0.4 is 0 Å². The van der Waals surface area contributed by atoms with E-state index in [4.69, 9.17) is 30.6 Å². The second-order valence-corrected chi connectivity index (χ2v) is 7.14. The number of hydrogen-bond donors (Lipinski definition) is 2. The minimum atomic E-state index is -1.75. The van der Waals surface area contributed by atoms with Crippen molar-refractivity contribution in [3.8, 4) is 22.8 Å². The standard InChI is InChI=1S/2C12H9N3.2Ag.2NO3/c2*1-2-6-11-10(5-1)14-12(15-11)9-4-3-7-13-8-9;;;2*2-1(3)4/h2*1-8H,(H,14,15);;;;/q;;2*+1;2*-1. The number of fused-ring (bicyclic) bond motifs is 2. The van der Waals surface area contributed by atoms with E-state index in [2.05, 4.69) is 29.9 Å². The molecule has 0 atom stereocenters. The van der Waals surface area contributed by atoms with Crippen LogP contribution in [0.5, 0.6) is 0 Å². The average molecular weight is 730 g/mol. The van der Waals surface area contributed by atoms with Crippen molar-refractivity contribution in [2.24, 2.45) is 0 Å². The Morgan fingerprint density at radius 2 is 0.900 bits per heavy atom. The first-order valence-electron chi connectivity index (χ1n) is 10.7. The summed E-state index contributed by atoms with van der Waals surface area (Å²) in [4.78, 5) is 40.1. The van der Waals surface area contributed by atoms with Gasteiger partial charge in [0.1, 0.15) is 11.6 Å². The van der Waals surface area contributed by atoms with Crippen molar-refractivity contribution in [2.75, 3.05) is 0 Å². The molecule has 0 fully saturated rings. The number of hydrogen-bond acceptors (Lipinski definition) is 10. The van der Waals surface area contributed by atoms with E-state index in [1.807, 2.05) is 72.8 Å². The monoisotopic (exact) mass is 728 g/mol. The average Bonchev–Trinajstić information content (AvgIpc) is 3.54. The molecule has 0 aliphatic carbocycles. The summed E-state index contributed by atoms with van der Waals surface area (Å²) in [6.45, 7) is 0. The molecule has 0 aliphatic heterocycles. The van der Waals surface area contributed by atoms with Crippen molar-refractivity contribution in [3.63, 3.8) is 0 Å². The minimum Gasteiger partial charge on any atom is -0.356 e. The van der Waals surface area contributed by atoms with E-state index < -0.39 is 10.2 Å². The normalized spacial score (nSPS) is 9.20. The van der Waals surface area contributed by atoms with Gasteiger partial charge in [0, 0.05) is 35.9 Å². The van der Waals surface area contributed by atoms with Crippen molar-refractivity contribution in [1.82, 2.24) is 29.9 Å². The Morgan fingerprint density at radius 3 is 1.20 bits per heavy atom. The molecule has 0 spiro atoms. The number of para-hydroxylation sites is 4. The number of aromatic amines is 2. The molecule has 16 heteroatoms. The predicted octanol–water partition coefficient (Wildman–Crippen LogP) is 4.77. The van der Waals surface area contributed by atoms with E-state index >= 15 is 0 Å². The Balaban J connectivity index is 0.000000305. The third kappa shape index (κ3) is 10.7. The first-order valence-corrected chi connectivity index (χ1v) is 10.7. The van der Waals surface area contributed by atoms with Crippen LogP contribution in [0.2, 0.25) is 0 Å². The Kier molecular flexibility index (Phi) is 14.5. The first kappa shape index (κ1) is 33.6. The maximum absolute atomic E-state index is 8.25. The van der Waals surface area contributed by atoms with Gasteiger partial charge < -0.3 is 40.6 Å². The first-order chi connectivity index (χ1) is 18.3. The van der Waals surface area contributed by atoms with Crippen LogP contribution in [0, 0.1) is 30.6 Å². The quantitative estimate of drug-likeness (QED) is 0.141. The molecular weight excluding hydrogens is 712 g/mol. The summed E-state index contributed by atoms with van der Waals surface area (Å²) in [7, 11) is 0. The molecule has 2 N–H and O–H groups in total. The largest absolute Gasteiger partial charge is 1.00 e. The second kappa shape index (κ2) is 17.2. The summed E-state index contributed by atoms with van der Waals surface area (Å²) in [5, 5.41) is 29.5. The molecule has 0 saturated carbocycles. The molecule has 6 rings (SSSR count). The SMILES string of the molecule is O=[N+]([O-])[O-].O=[N+]([O-])[O-].[Ag+].[Ag+].c1cncc(-c2nc3ccccc3[nH]2)c1.c1cncc(-c2nc3ccccc3[nH]2)c1. The summed E-state index contributed by atoms with van der Waals surface area (Å²) in [5.41, 5.74) is 6.09. The van der Waals surface area contributed by atoms with Gasteiger partial charge in [0.05, 0.1) is 32.2 Å².